The summed E-state index contributed by atoms with van der Waals surface area (Å²) in [6.45, 7) is 1.16. The average Bonchev–Trinajstić information content (AvgIpc) is 2.82. The summed E-state index contributed by atoms with van der Waals surface area (Å²) in [5, 5.41) is 4.35. The van der Waals surface area contributed by atoms with Gasteiger partial charge in [0.2, 0.25) is 0 Å². The van der Waals surface area contributed by atoms with Gasteiger partial charge in [0.1, 0.15) is 0 Å². The summed E-state index contributed by atoms with van der Waals surface area (Å²) in [6.07, 6.45) is 3.39. The molecule has 1 aromatic rings. The van der Waals surface area contributed by atoms with E-state index in [2.05, 4.69) is 10.2 Å². The van der Waals surface area contributed by atoms with Gasteiger partial charge in [0.05, 0.1) is 17.2 Å². The van der Waals surface area contributed by atoms with Gasteiger partial charge in [-0.05, 0) is 26.3 Å². The number of thiazole rings is 1. The Bertz CT molecular complexity index is 554. The Hall–Kier alpha value is -0.660. The van der Waals surface area contributed by atoms with Crippen LogP contribution in [0.2, 0.25) is 0 Å². The van der Waals surface area contributed by atoms with Gasteiger partial charge in [0.25, 0.3) is 0 Å². The molecule has 0 radical (unpaired) electrons. The lowest BCUT2D eigenvalue weighted by Crippen LogP contribution is -2.40. The van der Waals surface area contributed by atoms with Crippen molar-refractivity contribution in [1.82, 2.24) is 10.3 Å². The predicted octanol–water partition coefficient (Wildman–Crippen LogP) is 0.975. The van der Waals surface area contributed by atoms with Gasteiger partial charge in [-0.25, -0.2) is 13.4 Å². The van der Waals surface area contributed by atoms with Crippen LogP contribution in [0.1, 0.15) is 29.5 Å². The fraction of sp³-hybridized carbons (Fsp3) is 0.750. The molecule has 106 valence electrons. The SMILES string of the molecule is CNC1CCCc2nc(N3CCS(=O)(=O)CC3)sc21. The molecular formula is C12H19N3O2S2. The predicted molar refractivity (Wildman–Crippen MR) is 77.7 cm³/mol. The molecule has 3 rings (SSSR count). The number of rotatable bonds is 2. The smallest absolute Gasteiger partial charge is 0.185 e. The van der Waals surface area contributed by atoms with Gasteiger partial charge in [-0.15, -0.1) is 0 Å². The van der Waals surface area contributed by atoms with E-state index in [4.69, 9.17) is 4.98 Å². The van der Waals surface area contributed by atoms with Crippen LogP contribution >= 0.6 is 11.3 Å². The number of aromatic nitrogens is 1. The van der Waals surface area contributed by atoms with E-state index < -0.39 is 9.84 Å². The highest BCUT2D eigenvalue weighted by atomic mass is 32.2. The van der Waals surface area contributed by atoms with Crippen LogP contribution in [0.4, 0.5) is 5.13 Å². The van der Waals surface area contributed by atoms with Gasteiger partial charge in [-0.3, -0.25) is 0 Å². The monoisotopic (exact) mass is 301 g/mol. The molecule has 1 aromatic heterocycles. The van der Waals surface area contributed by atoms with Crippen LogP contribution in [-0.2, 0) is 16.3 Å². The van der Waals surface area contributed by atoms with Crippen molar-refractivity contribution in [1.29, 1.82) is 0 Å². The molecule has 0 bridgehead atoms. The summed E-state index contributed by atoms with van der Waals surface area (Å²) >= 11 is 1.73. The molecule has 0 saturated carbocycles. The van der Waals surface area contributed by atoms with Gasteiger partial charge >= 0.3 is 0 Å². The second-order valence-corrected chi connectivity index (χ2v) is 8.49. The number of hydrogen-bond donors (Lipinski definition) is 1. The van der Waals surface area contributed by atoms with Crippen molar-refractivity contribution in [3.8, 4) is 0 Å². The number of sulfone groups is 1. The van der Waals surface area contributed by atoms with Gasteiger partial charge in [-0.1, -0.05) is 11.3 Å². The molecule has 5 nitrogen and oxygen atoms in total. The Balaban J connectivity index is 1.81. The Labute approximate surface area is 117 Å². The Morgan fingerprint density at radius 1 is 1.37 bits per heavy atom. The third kappa shape index (κ3) is 2.64. The zero-order valence-electron chi connectivity index (χ0n) is 11.1. The summed E-state index contributed by atoms with van der Waals surface area (Å²) in [7, 11) is -0.826. The van der Waals surface area contributed by atoms with Crippen LogP contribution in [0, 0.1) is 0 Å². The van der Waals surface area contributed by atoms with E-state index in [0.29, 0.717) is 19.1 Å². The molecule has 0 aromatic carbocycles. The average molecular weight is 301 g/mol. The van der Waals surface area contributed by atoms with Crippen molar-refractivity contribution in [3.05, 3.63) is 10.6 Å². The van der Waals surface area contributed by atoms with Crippen molar-refractivity contribution in [2.24, 2.45) is 0 Å². The van der Waals surface area contributed by atoms with E-state index in [1.165, 1.54) is 23.4 Å². The van der Waals surface area contributed by atoms with Crippen LogP contribution in [-0.4, -0.2) is 45.0 Å². The number of nitrogens with zero attached hydrogens (tertiary/aromatic N) is 2. The van der Waals surface area contributed by atoms with Crippen molar-refractivity contribution < 1.29 is 8.42 Å². The number of fused-ring (bicyclic) bond motifs is 1. The Morgan fingerprint density at radius 2 is 2.11 bits per heavy atom. The number of aryl methyl sites for hydroxylation is 1. The van der Waals surface area contributed by atoms with E-state index >= 15 is 0 Å². The van der Waals surface area contributed by atoms with Gasteiger partial charge in [0, 0.05) is 24.0 Å². The lowest BCUT2D eigenvalue weighted by atomic mass is 9.98. The lowest BCUT2D eigenvalue weighted by Gasteiger charge is -2.26. The van der Waals surface area contributed by atoms with Crippen LogP contribution in [0.5, 0.6) is 0 Å². The van der Waals surface area contributed by atoms with Gasteiger partial charge in [0.15, 0.2) is 15.0 Å². The third-order valence-corrected chi connectivity index (χ3v) is 6.78. The van der Waals surface area contributed by atoms with E-state index in [0.717, 1.165) is 11.6 Å². The number of hydrogen-bond acceptors (Lipinski definition) is 6. The fourth-order valence-corrected chi connectivity index (χ4v) is 5.23. The minimum Gasteiger partial charge on any atom is -0.346 e. The molecule has 1 fully saturated rings. The maximum absolute atomic E-state index is 11.5. The number of anilines is 1. The van der Waals surface area contributed by atoms with Crippen LogP contribution < -0.4 is 10.2 Å². The van der Waals surface area contributed by atoms with Crippen molar-refractivity contribution in [2.75, 3.05) is 36.5 Å². The molecular weight excluding hydrogens is 282 g/mol. The molecule has 7 heteroatoms. The molecule has 2 aliphatic rings. The maximum Gasteiger partial charge on any atom is 0.185 e. The fourth-order valence-electron chi connectivity index (χ4n) is 2.72. The van der Waals surface area contributed by atoms with E-state index in [1.807, 2.05) is 7.05 Å². The first-order valence-corrected chi connectivity index (χ1v) is 9.35. The highest BCUT2D eigenvalue weighted by molar-refractivity contribution is 7.91. The van der Waals surface area contributed by atoms with E-state index in [9.17, 15) is 8.42 Å². The van der Waals surface area contributed by atoms with Crippen LogP contribution in [0.25, 0.3) is 0 Å². The standard InChI is InChI=1S/C12H19N3O2S2/c1-13-9-3-2-4-10-11(9)18-12(14-10)15-5-7-19(16,17)8-6-15/h9,13H,2-8H2,1H3. The quantitative estimate of drug-likeness (QED) is 0.882. The Morgan fingerprint density at radius 3 is 2.79 bits per heavy atom. The minimum atomic E-state index is -2.82. The molecule has 2 heterocycles. The molecule has 1 N–H and O–H groups in total. The molecule has 1 aliphatic heterocycles. The summed E-state index contributed by atoms with van der Waals surface area (Å²) in [4.78, 5) is 8.20. The van der Waals surface area contributed by atoms with E-state index in [-0.39, 0.29) is 11.5 Å². The maximum atomic E-state index is 11.5. The third-order valence-electron chi connectivity index (χ3n) is 3.90. The normalized spacial score (nSPS) is 26.2. The summed E-state index contributed by atoms with van der Waals surface area (Å²) in [5.41, 5.74) is 1.21. The van der Waals surface area contributed by atoms with E-state index in [1.54, 1.807) is 11.3 Å². The summed E-state index contributed by atoms with van der Waals surface area (Å²) < 4.78 is 22.9. The van der Waals surface area contributed by atoms with Crippen molar-refractivity contribution >= 4 is 26.3 Å². The minimum absolute atomic E-state index is 0.257. The zero-order chi connectivity index (χ0) is 13.5. The second kappa shape index (κ2) is 5.03. The lowest BCUT2D eigenvalue weighted by molar-refractivity contribution is 0.501. The highest BCUT2D eigenvalue weighted by Crippen LogP contribution is 2.37. The molecule has 0 spiro atoms. The molecule has 1 atom stereocenters. The number of nitrogens with one attached hydrogen (secondary N) is 1. The largest absolute Gasteiger partial charge is 0.346 e. The highest BCUT2D eigenvalue weighted by Gasteiger charge is 2.28. The molecule has 19 heavy (non-hydrogen) atoms. The van der Waals surface area contributed by atoms with Crippen molar-refractivity contribution in [2.45, 2.75) is 25.3 Å². The Kier molecular flexibility index (Phi) is 3.53. The summed E-state index contributed by atoms with van der Waals surface area (Å²) in [5.74, 6) is 0.513. The van der Waals surface area contributed by atoms with Gasteiger partial charge < -0.3 is 10.2 Å². The van der Waals surface area contributed by atoms with Gasteiger partial charge in [-0.2, -0.15) is 0 Å². The molecule has 1 saturated heterocycles. The second-order valence-electron chi connectivity index (χ2n) is 5.18. The molecule has 0 amide bonds. The first-order valence-electron chi connectivity index (χ1n) is 6.71. The topological polar surface area (TPSA) is 62.3 Å². The van der Waals surface area contributed by atoms with Crippen LogP contribution in [0.15, 0.2) is 0 Å². The molecule has 1 unspecified atom stereocenters. The summed E-state index contributed by atoms with van der Waals surface area (Å²) in [6, 6.07) is 0.420. The zero-order valence-corrected chi connectivity index (χ0v) is 12.7. The first-order chi connectivity index (χ1) is 9.09. The van der Waals surface area contributed by atoms with Crippen molar-refractivity contribution in [3.63, 3.8) is 0 Å². The van der Waals surface area contributed by atoms with Crippen LogP contribution in [0.3, 0.4) is 0 Å². The molecule has 1 aliphatic carbocycles. The first kappa shape index (κ1) is 13.3.